The summed E-state index contributed by atoms with van der Waals surface area (Å²) in [6, 6.07) is 5.06. The van der Waals surface area contributed by atoms with Gasteiger partial charge in [0.25, 0.3) is 5.91 Å². The standard InChI is InChI=1S/C23H26N6O4/c1-4-19(30)29-9-5-6-15(13-29)26-23-27-18(20(22(25)31)21(24)28-23)8-7-14-10-16(32-2)12-17(11-14)33-3/h4,10-12,15H,1,5-6,9,13H2,2-3H3,(H2,25,31)(H3,24,26,27,28). The number of likely N-dealkylation sites (tertiary alicyclic amines) is 1. The van der Waals surface area contributed by atoms with Crippen LogP contribution in [0.2, 0.25) is 0 Å². The zero-order valence-electron chi connectivity index (χ0n) is 18.6. The predicted molar refractivity (Wildman–Crippen MR) is 124 cm³/mol. The number of hydrogen-bond donors (Lipinski definition) is 3. The Balaban J connectivity index is 1.93. The quantitative estimate of drug-likeness (QED) is 0.439. The number of ether oxygens (including phenoxy) is 2. The molecule has 1 unspecified atom stereocenters. The highest BCUT2D eigenvalue weighted by atomic mass is 16.5. The molecule has 2 amide bonds. The van der Waals surface area contributed by atoms with Gasteiger partial charge >= 0.3 is 0 Å². The first-order valence-electron chi connectivity index (χ1n) is 10.2. The van der Waals surface area contributed by atoms with Gasteiger partial charge in [-0.25, -0.2) is 4.98 Å². The number of amides is 2. The lowest BCUT2D eigenvalue weighted by atomic mass is 10.1. The third kappa shape index (κ3) is 5.71. The summed E-state index contributed by atoms with van der Waals surface area (Å²) in [7, 11) is 3.07. The fourth-order valence-electron chi connectivity index (χ4n) is 3.49. The maximum atomic E-state index is 12.0. The van der Waals surface area contributed by atoms with Gasteiger partial charge in [-0.1, -0.05) is 12.5 Å². The van der Waals surface area contributed by atoms with Gasteiger partial charge in [0.2, 0.25) is 11.9 Å². The van der Waals surface area contributed by atoms with Gasteiger partial charge in [-0.3, -0.25) is 9.59 Å². The molecule has 172 valence electrons. The first-order chi connectivity index (χ1) is 15.8. The van der Waals surface area contributed by atoms with Gasteiger partial charge in [0.15, 0.2) is 0 Å². The number of benzene rings is 1. The molecule has 0 aliphatic carbocycles. The topological polar surface area (TPSA) is 146 Å². The SMILES string of the molecule is C=CC(=O)N1CCCC(Nc2nc(N)c(C(N)=O)c(C#Cc3cc(OC)cc(OC)c3)n2)C1. The Kier molecular flexibility index (Phi) is 7.35. The van der Waals surface area contributed by atoms with Crippen LogP contribution in [0, 0.1) is 11.8 Å². The van der Waals surface area contributed by atoms with Crippen molar-refractivity contribution in [2.75, 3.05) is 38.4 Å². The van der Waals surface area contributed by atoms with E-state index in [9.17, 15) is 9.59 Å². The zero-order valence-corrected chi connectivity index (χ0v) is 18.6. The number of carbonyl (C=O) groups is 2. The fourth-order valence-corrected chi connectivity index (χ4v) is 3.49. The van der Waals surface area contributed by atoms with Crippen molar-refractivity contribution in [3.05, 3.63) is 47.7 Å². The maximum absolute atomic E-state index is 12.0. The Morgan fingerprint density at radius 3 is 2.52 bits per heavy atom. The van der Waals surface area contributed by atoms with Crippen LogP contribution >= 0.6 is 0 Å². The number of nitrogens with two attached hydrogens (primary N) is 2. The van der Waals surface area contributed by atoms with Crippen molar-refractivity contribution in [1.29, 1.82) is 0 Å². The third-order valence-electron chi connectivity index (χ3n) is 5.10. The second-order valence-corrected chi connectivity index (χ2v) is 7.34. The van der Waals surface area contributed by atoms with E-state index in [1.165, 1.54) is 20.3 Å². The lowest BCUT2D eigenvalue weighted by molar-refractivity contribution is -0.127. The summed E-state index contributed by atoms with van der Waals surface area (Å²) in [5, 5.41) is 3.18. The van der Waals surface area contributed by atoms with Crippen molar-refractivity contribution in [2.24, 2.45) is 5.73 Å². The largest absolute Gasteiger partial charge is 0.497 e. The van der Waals surface area contributed by atoms with E-state index in [2.05, 4.69) is 33.7 Å². The summed E-state index contributed by atoms with van der Waals surface area (Å²) in [6.45, 7) is 4.66. The number of aromatic nitrogens is 2. The number of piperidine rings is 1. The molecule has 3 rings (SSSR count). The van der Waals surface area contributed by atoms with Crippen LogP contribution in [0.1, 0.15) is 34.5 Å². The highest BCUT2D eigenvalue weighted by Crippen LogP contribution is 2.23. The minimum Gasteiger partial charge on any atom is -0.497 e. The third-order valence-corrected chi connectivity index (χ3v) is 5.10. The van der Waals surface area contributed by atoms with E-state index in [-0.39, 0.29) is 35.0 Å². The Labute approximate surface area is 192 Å². The molecule has 0 saturated carbocycles. The number of nitrogens with one attached hydrogen (secondary N) is 1. The second kappa shape index (κ2) is 10.4. The van der Waals surface area contributed by atoms with Crippen LogP contribution in [0.3, 0.4) is 0 Å². The van der Waals surface area contributed by atoms with Crippen molar-refractivity contribution in [2.45, 2.75) is 18.9 Å². The molecule has 1 aliphatic heterocycles. The first-order valence-corrected chi connectivity index (χ1v) is 10.2. The van der Waals surface area contributed by atoms with Crippen LogP contribution in [0.4, 0.5) is 11.8 Å². The zero-order chi connectivity index (χ0) is 24.0. The molecule has 10 heteroatoms. The summed E-state index contributed by atoms with van der Waals surface area (Å²) >= 11 is 0. The van der Waals surface area contributed by atoms with Crippen molar-refractivity contribution >= 4 is 23.6 Å². The first kappa shape index (κ1) is 23.4. The Bertz CT molecular complexity index is 1120. The molecular weight excluding hydrogens is 424 g/mol. The van der Waals surface area contributed by atoms with Crippen LogP contribution < -0.4 is 26.3 Å². The lowest BCUT2D eigenvalue weighted by Crippen LogP contribution is -2.44. The molecule has 5 N–H and O–H groups in total. The number of anilines is 2. The number of hydrogen-bond acceptors (Lipinski definition) is 8. The molecule has 0 bridgehead atoms. The monoisotopic (exact) mass is 450 g/mol. The Morgan fingerprint density at radius 2 is 1.91 bits per heavy atom. The Hall–Kier alpha value is -4.26. The maximum Gasteiger partial charge on any atom is 0.255 e. The molecule has 0 spiro atoms. The van der Waals surface area contributed by atoms with Crippen LogP contribution in [0.15, 0.2) is 30.9 Å². The number of primary amides is 1. The summed E-state index contributed by atoms with van der Waals surface area (Å²) in [5.74, 6) is 6.12. The molecule has 1 saturated heterocycles. The summed E-state index contributed by atoms with van der Waals surface area (Å²) < 4.78 is 10.5. The van der Waals surface area contributed by atoms with E-state index in [4.69, 9.17) is 20.9 Å². The highest BCUT2D eigenvalue weighted by molar-refractivity contribution is 5.99. The smallest absolute Gasteiger partial charge is 0.255 e. The Morgan fingerprint density at radius 1 is 1.21 bits per heavy atom. The average molecular weight is 450 g/mol. The van der Waals surface area contributed by atoms with E-state index in [1.54, 1.807) is 23.1 Å². The molecule has 2 aromatic rings. The number of carbonyl (C=O) groups excluding carboxylic acids is 2. The summed E-state index contributed by atoms with van der Waals surface area (Å²) in [6.07, 6.45) is 2.92. The van der Waals surface area contributed by atoms with Crippen LogP contribution in [0.25, 0.3) is 0 Å². The number of rotatable bonds is 6. The van der Waals surface area contributed by atoms with Gasteiger partial charge in [0.05, 0.1) is 14.2 Å². The number of nitrogens with zero attached hydrogens (tertiary/aromatic N) is 3. The van der Waals surface area contributed by atoms with Crippen molar-refractivity contribution in [3.63, 3.8) is 0 Å². The molecular formula is C23H26N6O4. The molecule has 0 radical (unpaired) electrons. The van der Waals surface area contributed by atoms with E-state index < -0.39 is 5.91 Å². The van der Waals surface area contributed by atoms with Crippen molar-refractivity contribution in [1.82, 2.24) is 14.9 Å². The molecule has 1 fully saturated rings. The van der Waals surface area contributed by atoms with E-state index in [0.717, 1.165) is 12.8 Å². The van der Waals surface area contributed by atoms with Crippen LogP contribution in [0.5, 0.6) is 11.5 Å². The molecule has 1 aromatic heterocycles. The van der Waals surface area contributed by atoms with Gasteiger partial charge in [-0.2, -0.15) is 4.98 Å². The van der Waals surface area contributed by atoms with Gasteiger partial charge in [-0.05, 0) is 37.0 Å². The minimum atomic E-state index is -0.785. The van der Waals surface area contributed by atoms with Crippen LogP contribution in [-0.2, 0) is 4.79 Å². The molecule has 10 nitrogen and oxygen atoms in total. The van der Waals surface area contributed by atoms with Crippen LogP contribution in [-0.4, -0.2) is 60.0 Å². The van der Waals surface area contributed by atoms with E-state index in [1.807, 2.05) is 0 Å². The average Bonchev–Trinajstić information content (AvgIpc) is 2.81. The second-order valence-electron chi connectivity index (χ2n) is 7.34. The van der Waals surface area contributed by atoms with E-state index in [0.29, 0.717) is 30.2 Å². The highest BCUT2D eigenvalue weighted by Gasteiger charge is 2.24. The lowest BCUT2D eigenvalue weighted by Gasteiger charge is -2.32. The van der Waals surface area contributed by atoms with E-state index >= 15 is 0 Å². The van der Waals surface area contributed by atoms with Gasteiger partial charge in [0, 0.05) is 30.8 Å². The van der Waals surface area contributed by atoms with Gasteiger partial charge in [-0.15, -0.1) is 0 Å². The molecule has 1 aromatic carbocycles. The van der Waals surface area contributed by atoms with Gasteiger partial charge < -0.3 is 31.2 Å². The summed E-state index contributed by atoms with van der Waals surface area (Å²) in [5.41, 5.74) is 12.1. The number of nitrogen functional groups attached to an aromatic ring is 1. The minimum absolute atomic E-state index is 0.0602. The molecule has 1 atom stereocenters. The van der Waals surface area contributed by atoms with Crippen molar-refractivity contribution < 1.29 is 19.1 Å². The van der Waals surface area contributed by atoms with Crippen molar-refractivity contribution in [3.8, 4) is 23.3 Å². The fraction of sp³-hybridized carbons (Fsp3) is 0.304. The molecule has 33 heavy (non-hydrogen) atoms. The number of methoxy groups -OCH3 is 2. The van der Waals surface area contributed by atoms with Gasteiger partial charge in [0.1, 0.15) is 28.6 Å². The normalized spacial score (nSPS) is 15.1. The summed E-state index contributed by atoms with van der Waals surface area (Å²) in [4.78, 5) is 34.2. The molecule has 2 heterocycles. The predicted octanol–water partition coefficient (Wildman–Crippen LogP) is 1.16. The molecule has 1 aliphatic rings.